The fourth-order valence-corrected chi connectivity index (χ4v) is 2.80. The molecule has 1 amide bonds. The third-order valence-electron chi connectivity index (χ3n) is 3.57. The lowest BCUT2D eigenvalue weighted by Gasteiger charge is -2.11. The maximum Gasteiger partial charge on any atom is 0.225 e. The third kappa shape index (κ3) is 3.08. The van der Waals surface area contributed by atoms with Gasteiger partial charge >= 0.3 is 0 Å². The molecule has 0 aromatic heterocycles. The van der Waals surface area contributed by atoms with Crippen LogP contribution in [0.2, 0.25) is 0 Å². The molecule has 2 N–H and O–H groups in total. The Balaban J connectivity index is 1.66. The summed E-state index contributed by atoms with van der Waals surface area (Å²) in [6, 6.07) is 12.6. The molecule has 1 unspecified atom stereocenters. The van der Waals surface area contributed by atoms with Crippen LogP contribution in [0.3, 0.4) is 0 Å². The standard InChI is InChI=1S/C16H14BrFN2O/c17-13-6-5-11(8-14(13)18)20-16(21)7-10-9-19-15-4-2-1-3-12(10)15/h1-6,8,10,19H,7,9H2,(H,20,21). The molecular formula is C16H14BrFN2O. The van der Waals surface area contributed by atoms with Crippen LogP contribution in [0.5, 0.6) is 0 Å². The van der Waals surface area contributed by atoms with E-state index in [9.17, 15) is 9.18 Å². The summed E-state index contributed by atoms with van der Waals surface area (Å²) < 4.78 is 13.8. The minimum atomic E-state index is -0.388. The summed E-state index contributed by atoms with van der Waals surface area (Å²) in [5, 5.41) is 6.03. The SMILES string of the molecule is O=C(CC1CNc2ccccc21)Nc1ccc(Br)c(F)c1. The van der Waals surface area contributed by atoms with Crippen molar-refractivity contribution in [2.45, 2.75) is 12.3 Å². The molecule has 0 spiro atoms. The van der Waals surface area contributed by atoms with Gasteiger partial charge < -0.3 is 10.6 Å². The van der Waals surface area contributed by atoms with E-state index in [0.29, 0.717) is 16.6 Å². The topological polar surface area (TPSA) is 41.1 Å². The number of hydrogen-bond donors (Lipinski definition) is 2. The molecule has 108 valence electrons. The van der Waals surface area contributed by atoms with Crippen molar-refractivity contribution in [3.05, 3.63) is 58.3 Å². The first kappa shape index (κ1) is 14.1. The van der Waals surface area contributed by atoms with Gasteiger partial charge in [-0.05, 0) is 45.8 Å². The first-order valence-corrected chi connectivity index (χ1v) is 7.50. The first-order chi connectivity index (χ1) is 10.1. The average molecular weight is 349 g/mol. The summed E-state index contributed by atoms with van der Waals surface area (Å²) in [6.45, 7) is 0.751. The molecule has 3 rings (SSSR count). The normalized spacial score (nSPS) is 16.2. The summed E-state index contributed by atoms with van der Waals surface area (Å²) in [4.78, 5) is 12.1. The minimum Gasteiger partial charge on any atom is -0.384 e. The van der Waals surface area contributed by atoms with Crippen LogP contribution < -0.4 is 10.6 Å². The molecule has 2 aromatic rings. The number of nitrogens with one attached hydrogen (secondary N) is 2. The molecule has 0 fully saturated rings. The van der Waals surface area contributed by atoms with E-state index in [1.807, 2.05) is 24.3 Å². The molecule has 1 heterocycles. The molecular weight excluding hydrogens is 335 g/mol. The minimum absolute atomic E-state index is 0.111. The van der Waals surface area contributed by atoms with E-state index in [0.717, 1.165) is 17.8 Å². The summed E-state index contributed by atoms with van der Waals surface area (Å²) in [6.07, 6.45) is 0.377. The molecule has 0 saturated carbocycles. The van der Waals surface area contributed by atoms with E-state index in [1.165, 1.54) is 6.07 Å². The van der Waals surface area contributed by atoms with Crippen molar-refractivity contribution in [3.63, 3.8) is 0 Å². The van der Waals surface area contributed by atoms with Gasteiger partial charge in [0, 0.05) is 30.3 Å². The molecule has 1 atom stereocenters. The van der Waals surface area contributed by atoms with Gasteiger partial charge in [0.1, 0.15) is 5.82 Å². The van der Waals surface area contributed by atoms with Crippen LogP contribution in [0.15, 0.2) is 46.9 Å². The fourth-order valence-electron chi connectivity index (χ4n) is 2.55. The van der Waals surface area contributed by atoms with Gasteiger partial charge in [-0.25, -0.2) is 4.39 Å². The first-order valence-electron chi connectivity index (χ1n) is 6.71. The van der Waals surface area contributed by atoms with Crippen molar-refractivity contribution in [2.75, 3.05) is 17.2 Å². The zero-order valence-corrected chi connectivity index (χ0v) is 12.8. The van der Waals surface area contributed by atoms with Crippen molar-refractivity contribution in [1.82, 2.24) is 0 Å². The van der Waals surface area contributed by atoms with Crippen LogP contribution in [-0.2, 0) is 4.79 Å². The molecule has 2 aromatic carbocycles. The zero-order chi connectivity index (χ0) is 14.8. The third-order valence-corrected chi connectivity index (χ3v) is 4.22. The smallest absolute Gasteiger partial charge is 0.225 e. The van der Waals surface area contributed by atoms with Gasteiger partial charge in [-0.3, -0.25) is 4.79 Å². The molecule has 0 radical (unpaired) electrons. The lowest BCUT2D eigenvalue weighted by Crippen LogP contribution is -2.16. The predicted octanol–water partition coefficient (Wildman–Crippen LogP) is 4.13. The Kier molecular flexibility index (Phi) is 3.92. The van der Waals surface area contributed by atoms with Crippen LogP contribution in [0, 0.1) is 5.82 Å². The molecule has 0 saturated heterocycles. The fraction of sp³-hybridized carbons (Fsp3) is 0.188. The second-order valence-corrected chi connectivity index (χ2v) is 5.90. The van der Waals surface area contributed by atoms with Crippen molar-refractivity contribution in [3.8, 4) is 0 Å². The molecule has 3 nitrogen and oxygen atoms in total. The predicted molar refractivity (Wildman–Crippen MR) is 85.0 cm³/mol. The quantitative estimate of drug-likeness (QED) is 0.875. The molecule has 0 aliphatic carbocycles. The Bertz CT molecular complexity index is 690. The van der Waals surface area contributed by atoms with Gasteiger partial charge in [-0.15, -0.1) is 0 Å². The average Bonchev–Trinajstić information content (AvgIpc) is 2.86. The summed E-state index contributed by atoms with van der Waals surface area (Å²) in [5.74, 6) is -0.345. The Morgan fingerprint density at radius 1 is 1.33 bits per heavy atom. The Hall–Kier alpha value is -1.88. The van der Waals surface area contributed by atoms with Gasteiger partial charge in [0.05, 0.1) is 4.47 Å². The van der Waals surface area contributed by atoms with E-state index < -0.39 is 0 Å². The Morgan fingerprint density at radius 2 is 2.14 bits per heavy atom. The highest BCUT2D eigenvalue weighted by molar-refractivity contribution is 9.10. The van der Waals surface area contributed by atoms with Crippen LogP contribution >= 0.6 is 15.9 Å². The number of amides is 1. The largest absolute Gasteiger partial charge is 0.384 e. The highest BCUT2D eigenvalue weighted by Crippen LogP contribution is 2.33. The maximum atomic E-state index is 13.4. The van der Waals surface area contributed by atoms with Crippen molar-refractivity contribution in [1.29, 1.82) is 0 Å². The van der Waals surface area contributed by atoms with E-state index in [-0.39, 0.29) is 17.6 Å². The van der Waals surface area contributed by atoms with Crippen LogP contribution in [0.25, 0.3) is 0 Å². The van der Waals surface area contributed by atoms with E-state index in [2.05, 4.69) is 26.6 Å². The van der Waals surface area contributed by atoms with E-state index >= 15 is 0 Å². The second kappa shape index (κ2) is 5.85. The van der Waals surface area contributed by atoms with Crippen LogP contribution in [0.4, 0.5) is 15.8 Å². The van der Waals surface area contributed by atoms with Crippen molar-refractivity contribution < 1.29 is 9.18 Å². The van der Waals surface area contributed by atoms with Crippen molar-refractivity contribution in [2.24, 2.45) is 0 Å². The second-order valence-electron chi connectivity index (χ2n) is 5.05. The Labute approximate surface area is 130 Å². The zero-order valence-electron chi connectivity index (χ0n) is 11.2. The molecule has 21 heavy (non-hydrogen) atoms. The number of carbonyl (C=O) groups is 1. The monoisotopic (exact) mass is 348 g/mol. The molecule has 1 aliphatic heterocycles. The van der Waals surface area contributed by atoms with E-state index in [4.69, 9.17) is 0 Å². The summed E-state index contributed by atoms with van der Waals surface area (Å²) >= 11 is 3.09. The molecule has 0 bridgehead atoms. The number of hydrogen-bond acceptors (Lipinski definition) is 2. The van der Waals surface area contributed by atoms with Crippen LogP contribution in [0.1, 0.15) is 17.9 Å². The highest BCUT2D eigenvalue weighted by Gasteiger charge is 2.24. The number of para-hydroxylation sites is 1. The van der Waals surface area contributed by atoms with Gasteiger partial charge in [0.2, 0.25) is 5.91 Å². The lowest BCUT2D eigenvalue weighted by atomic mass is 9.97. The summed E-state index contributed by atoms with van der Waals surface area (Å²) in [7, 11) is 0. The number of anilines is 2. The van der Waals surface area contributed by atoms with Gasteiger partial charge in [0.15, 0.2) is 0 Å². The molecule has 5 heteroatoms. The Morgan fingerprint density at radius 3 is 2.95 bits per heavy atom. The number of benzene rings is 2. The van der Waals surface area contributed by atoms with Crippen LogP contribution in [-0.4, -0.2) is 12.5 Å². The van der Waals surface area contributed by atoms with E-state index in [1.54, 1.807) is 12.1 Å². The maximum absolute atomic E-state index is 13.4. The van der Waals surface area contributed by atoms with Gasteiger partial charge in [-0.1, -0.05) is 18.2 Å². The van der Waals surface area contributed by atoms with Gasteiger partial charge in [-0.2, -0.15) is 0 Å². The number of rotatable bonds is 3. The lowest BCUT2D eigenvalue weighted by molar-refractivity contribution is -0.116. The van der Waals surface area contributed by atoms with Crippen molar-refractivity contribution >= 4 is 33.2 Å². The number of carbonyl (C=O) groups excluding carboxylic acids is 1. The molecule has 1 aliphatic rings. The number of fused-ring (bicyclic) bond motifs is 1. The highest BCUT2D eigenvalue weighted by atomic mass is 79.9. The van der Waals surface area contributed by atoms with Gasteiger partial charge in [0.25, 0.3) is 0 Å². The summed E-state index contributed by atoms with van der Waals surface area (Å²) in [5.41, 5.74) is 2.72. The number of halogens is 2.